The fourth-order valence-corrected chi connectivity index (χ4v) is 6.32. The SMILES string of the molecule is CS(=O)(=O)c1cc(F)c(F)c2[nH]c3cc(Br)cnc3c12.CS(=O)(=O)c1cc(F)c(F)cc1-c1ncc(Br)cc1[N+](=O)[O-]. The smallest absolute Gasteiger partial charge is 0.296 e. The second kappa shape index (κ2) is 11.3. The lowest BCUT2D eigenvalue weighted by Gasteiger charge is -2.09. The van der Waals surface area contributed by atoms with Crippen LogP contribution in [0.1, 0.15) is 0 Å². The van der Waals surface area contributed by atoms with Crippen LogP contribution in [0.2, 0.25) is 0 Å². The predicted octanol–water partition coefficient (Wildman–Crippen LogP) is 6.26. The number of aromatic amines is 1. The maximum absolute atomic E-state index is 13.9. The van der Waals surface area contributed by atoms with Crippen molar-refractivity contribution in [2.24, 2.45) is 0 Å². The van der Waals surface area contributed by atoms with Crippen LogP contribution in [0.15, 0.2) is 61.5 Å². The first-order valence-corrected chi connectivity index (χ1v) is 16.4. The van der Waals surface area contributed by atoms with Crippen LogP contribution < -0.4 is 0 Å². The zero-order chi connectivity index (χ0) is 31.3. The summed E-state index contributed by atoms with van der Waals surface area (Å²) in [4.78, 5) is 20.0. The Morgan fingerprint density at radius 1 is 0.810 bits per heavy atom. The monoisotopic (exact) mass is 752 g/mol. The molecule has 0 amide bonds. The Hall–Kier alpha value is -3.48. The fourth-order valence-electron chi connectivity index (χ4n) is 3.91. The number of nitrogens with zero attached hydrogens (tertiary/aromatic N) is 3. The van der Waals surface area contributed by atoms with Gasteiger partial charge < -0.3 is 4.98 Å². The van der Waals surface area contributed by atoms with Gasteiger partial charge in [0.15, 0.2) is 42.9 Å². The van der Waals surface area contributed by atoms with Gasteiger partial charge in [0.1, 0.15) is 5.69 Å². The lowest BCUT2D eigenvalue weighted by atomic mass is 10.1. The van der Waals surface area contributed by atoms with Gasteiger partial charge in [0.2, 0.25) is 0 Å². The minimum absolute atomic E-state index is 0.0638. The van der Waals surface area contributed by atoms with Gasteiger partial charge in [0, 0.05) is 50.9 Å². The van der Waals surface area contributed by atoms with Gasteiger partial charge in [-0.15, -0.1) is 0 Å². The molecule has 0 saturated heterocycles. The molecular formula is C24H14Br2F4N4O6S2. The summed E-state index contributed by atoms with van der Waals surface area (Å²) in [5, 5.41) is 11.2. The Kier molecular flexibility index (Phi) is 8.47. The molecule has 0 aliphatic heterocycles. The molecule has 0 aliphatic rings. The molecule has 10 nitrogen and oxygen atoms in total. The third-order valence-electron chi connectivity index (χ3n) is 5.64. The van der Waals surface area contributed by atoms with Crippen molar-refractivity contribution < 1.29 is 39.3 Å². The van der Waals surface area contributed by atoms with Gasteiger partial charge in [0.25, 0.3) is 5.69 Å². The van der Waals surface area contributed by atoms with E-state index in [1.807, 2.05) is 0 Å². The highest BCUT2D eigenvalue weighted by molar-refractivity contribution is 9.10. The van der Waals surface area contributed by atoms with Gasteiger partial charge in [-0.2, -0.15) is 0 Å². The van der Waals surface area contributed by atoms with Crippen molar-refractivity contribution in [2.75, 3.05) is 12.5 Å². The van der Waals surface area contributed by atoms with E-state index < -0.39 is 58.4 Å². The first-order chi connectivity index (χ1) is 19.4. The van der Waals surface area contributed by atoms with E-state index in [1.54, 1.807) is 6.07 Å². The zero-order valence-electron chi connectivity index (χ0n) is 20.9. The van der Waals surface area contributed by atoms with Crippen LogP contribution in [-0.2, 0) is 19.7 Å². The van der Waals surface area contributed by atoms with E-state index in [-0.39, 0.29) is 37.0 Å². The Bertz CT molecular complexity index is 2160. The third-order valence-corrected chi connectivity index (χ3v) is 8.77. The molecule has 0 fully saturated rings. The van der Waals surface area contributed by atoms with E-state index in [9.17, 15) is 44.5 Å². The zero-order valence-corrected chi connectivity index (χ0v) is 25.7. The number of hydrogen-bond donors (Lipinski definition) is 1. The second-order valence-electron chi connectivity index (χ2n) is 8.68. The van der Waals surface area contributed by atoms with Crippen LogP contribution in [0.4, 0.5) is 23.2 Å². The summed E-state index contributed by atoms with van der Waals surface area (Å²) < 4.78 is 102. The van der Waals surface area contributed by atoms with E-state index >= 15 is 0 Å². The molecule has 5 rings (SSSR count). The average Bonchev–Trinajstić information content (AvgIpc) is 3.25. The van der Waals surface area contributed by atoms with Crippen LogP contribution in [-0.4, -0.2) is 49.2 Å². The summed E-state index contributed by atoms with van der Waals surface area (Å²) in [5.41, 5.74) is -0.782. The van der Waals surface area contributed by atoms with Gasteiger partial charge in [-0.05, 0) is 56.1 Å². The molecule has 3 heterocycles. The Morgan fingerprint density at radius 2 is 1.36 bits per heavy atom. The van der Waals surface area contributed by atoms with Crippen molar-refractivity contribution >= 4 is 79.2 Å². The number of hydrogen-bond acceptors (Lipinski definition) is 8. The molecule has 3 aromatic heterocycles. The van der Waals surface area contributed by atoms with E-state index in [0.717, 1.165) is 18.6 Å². The maximum Gasteiger partial charge on any atom is 0.296 e. The summed E-state index contributed by atoms with van der Waals surface area (Å²) >= 11 is 6.21. The lowest BCUT2D eigenvalue weighted by Crippen LogP contribution is -2.05. The van der Waals surface area contributed by atoms with Crippen molar-refractivity contribution in [1.82, 2.24) is 15.0 Å². The topological polar surface area (TPSA) is 153 Å². The van der Waals surface area contributed by atoms with Crippen molar-refractivity contribution in [3.8, 4) is 11.3 Å². The van der Waals surface area contributed by atoms with E-state index in [1.165, 1.54) is 12.4 Å². The van der Waals surface area contributed by atoms with Crippen LogP contribution >= 0.6 is 31.9 Å². The highest BCUT2D eigenvalue weighted by atomic mass is 79.9. The minimum atomic E-state index is -3.95. The van der Waals surface area contributed by atoms with Crippen LogP contribution in [0, 0.1) is 33.4 Å². The molecule has 220 valence electrons. The summed E-state index contributed by atoms with van der Waals surface area (Å²) in [5.74, 6) is -5.05. The van der Waals surface area contributed by atoms with Crippen LogP contribution in [0.3, 0.4) is 0 Å². The molecular weight excluding hydrogens is 740 g/mol. The third kappa shape index (κ3) is 6.16. The van der Waals surface area contributed by atoms with E-state index in [2.05, 4.69) is 46.8 Å². The molecule has 42 heavy (non-hydrogen) atoms. The lowest BCUT2D eigenvalue weighted by molar-refractivity contribution is -0.384. The van der Waals surface area contributed by atoms with Crippen LogP contribution in [0.5, 0.6) is 0 Å². The number of nitro groups is 1. The first kappa shape index (κ1) is 31.5. The minimum Gasteiger partial charge on any atom is -0.351 e. The molecule has 0 radical (unpaired) electrons. The van der Waals surface area contributed by atoms with Crippen molar-refractivity contribution in [3.63, 3.8) is 0 Å². The number of aromatic nitrogens is 3. The van der Waals surface area contributed by atoms with E-state index in [4.69, 9.17) is 0 Å². The van der Waals surface area contributed by atoms with Crippen LogP contribution in [0.25, 0.3) is 33.2 Å². The second-order valence-corrected chi connectivity index (χ2v) is 14.5. The molecule has 0 spiro atoms. The number of nitrogens with one attached hydrogen (secondary N) is 1. The molecule has 5 aromatic rings. The number of pyridine rings is 2. The highest BCUT2D eigenvalue weighted by Gasteiger charge is 2.26. The standard InChI is InChI=1S/C12H7BrF2N2O4S.C12H7BrF2N2O2S/c1-22(20,21)11-4-9(15)8(14)3-7(11)12-10(17(18)19)2-6(13)5-16-12;1-20(18,19)8-3-6(14)10(15)12-9(8)11-7(17-12)2-5(13)4-16-11/h2-5H,1H3;2-4,17H,1H3. The summed E-state index contributed by atoms with van der Waals surface area (Å²) in [7, 11) is -7.67. The molecule has 0 unspecified atom stereocenters. The number of sulfone groups is 2. The van der Waals surface area contributed by atoms with Gasteiger partial charge in [-0.3, -0.25) is 15.1 Å². The molecule has 0 atom stereocenters. The fraction of sp³-hybridized carbons (Fsp3) is 0.0833. The Morgan fingerprint density at radius 3 is 1.95 bits per heavy atom. The quantitative estimate of drug-likeness (QED) is 0.0977. The highest BCUT2D eigenvalue weighted by Crippen LogP contribution is 2.36. The summed E-state index contributed by atoms with van der Waals surface area (Å²) in [6, 6.07) is 4.45. The molecule has 18 heteroatoms. The Labute approximate surface area is 251 Å². The number of H-pyrrole nitrogens is 1. The summed E-state index contributed by atoms with van der Waals surface area (Å²) in [6.07, 6.45) is 4.38. The number of rotatable bonds is 4. The molecule has 2 aromatic carbocycles. The molecule has 0 aliphatic carbocycles. The van der Waals surface area contributed by atoms with Gasteiger partial charge in [0.05, 0.1) is 31.3 Å². The normalized spacial score (nSPS) is 11.9. The average molecular weight is 754 g/mol. The van der Waals surface area contributed by atoms with Gasteiger partial charge >= 0.3 is 0 Å². The largest absolute Gasteiger partial charge is 0.351 e. The molecule has 0 saturated carbocycles. The van der Waals surface area contributed by atoms with Crippen molar-refractivity contribution in [2.45, 2.75) is 9.79 Å². The number of halogens is 6. The maximum atomic E-state index is 13.9. The van der Waals surface area contributed by atoms with E-state index in [0.29, 0.717) is 28.2 Å². The Balaban J connectivity index is 0.000000193. The number of benzene rings is 2. The van der Waals surface area contributed by atoms with Gasteiger partial charge in [-0.1, -0.05) is 0 Å². The van der Waals surface area contributed by atoms with Crippen molar-refractivity contribution in [3.05, 3.63) is 85.1 Å². The predicted molar refractivity (Wildman–Crippen MR) is 151 cm³/mol. The van der Waals surface area contributed by atoms with Crippen molar-refractivity contribution in [1.29, 1.82) is 0 Å². The number of fused-ring (bicyclic) bond motifs is 3. The summed E-state index contributed by atoms with van der Waals surface area (Å²) in [6.45, 7) is 0. The van der Waals surface area contributed by atoms with Gasteiger partial charge in [-0.25, -0.2) is 39.4 Å². The molecule has 1 N–H and O–H groups in total. The molecule has 0 bridgehead atoms. The first-order valence-electron chi connectivity index (χ1n) is 11.0.